The number of piperidine rings is 1. The molecule has 34 heavy (non-hydrogen) atoms. The number of benzene rings is 2. The summed E-state index contributed by atoms with van der Waals surface area (Å²) < 4.78 is 0. The van der Waals surface area contributed by atoms with Crippen molar-refractivity contribution in [3.05, 3.63) is 48.5 Å². The van der Waals surface area contributed by atoms with Gasteiger partial charge in [-0.2, -0.15) is 0 Å². The van der Waals surface area contributed by atoms with Crippen LogP contribution in [0.2, 0.25) is 0 Å². The maximum atomic E-state index is 5.96. The molecule has 6 heteroatoms. The first-order valence-corrected chi connectivity index (χ1v) is 13.0. The average Bonchev–Trinajstić information content (AvgIpc) is 3.28. The minimum absolute atomic E-state index is 0.635. The number of nitrogens with one attached hydrogen (secondary N) is 2. The van der Waals surface area contributed by atoms with Crippen LogP contribution in [-0.4, -0.2) is 79.2 Å². The quantitative estimate of drug-likeness (QED) is 0.465. The Hall–Kier alpha value is -2.54. The second kappa shape index (κ2) is 10.4. The monoisotopic (exact) mass is 460 g/mol. The molecule has 2 aliphatic rings. The first-order chi connectivity index (χ1) is 16.5. The molecule has 4 N–H and O–H groups in total. The topological polar surface area (TPSA) is 63.6 Å². The van der Waals surface area contributed by atoms with Gasteiger partial charge in [0.05, 0.1) is 0 Å². The van der Waals surface area contributed by atoms with Gasteiger partial charge in [0.15, 0.2) is 0 Å². The molecular weight excluding hydrogens is 420 g/mol. The lowest BCUT2D eigenvalue weighted by atomic mass is 10.0. The Labute approximate surface area is 204 Å². The van der Waals surface area contributed by atoms with E-state index < -0.39 is 0 Å². The molecule has 2 aliphatic heterocycles. The Morgan fingerprint density at radius 1 is 0.971 bits per heavy atom. The zero-order valence-corrected chi connectivity index (χ0v) is 20.8. The highest BCUT2D eigenvalue weighted by Gasteiger charge is 2.21. The minimum Gasteiger partial charge on any atom is -0.399 e. The third-order valence-electron chi connectivity index (χ3n) is 7.66. The largest absolute Gasteiger partial charge is 0.399 e. The second-order valence-corrected chi connectivity index (χ2v) is 10.3. The second-order valence-electron chi connectivity index (χ2n) is 10.3. The molecule has 5 rings (SSSR count). The fourth-order valence-electron chi connectivity index (χ4n) is 5.45. The summed E-state index contributed by atoms with van der Waals surface area (Å²) in [6, 6.07) is 18.5. The van der Waals surface area contributed by atoms with Gasteiger partial charge in [-0.1, -0.05) is 12.1 Å². The highest BCUT2D eigenvalue weighted by atomic mass is 15.3. The van der Waals surface area contributed by atoms with Gasteiger partial charge in [0, 0.05) is 92.4 Å². The molecule has 0 atom stereocenters. The van der Waals surface area contributed by atoms with Crippen molar-refractivity contribution < 1.29 is 0 Å². The molecule has 0 amide bonds. The Kier molecular flexibility index (Phi) is 7.09. The van der Waals surface area contributed by atoms with Crippen LogP contribution in [0, 0.1) is 0 Å². The molecule has 0 aliphatic carbocycles. The predicted molar refractivity (Wildman–Crippen MR) is 145 cm³/mol. The Morgan fingerprint density at radius 3 is 2.53 bits per heavy atom. The van der Waals surface area contributed by atoms with Crippen molar-refractivity contribution in [1.82, 2.24) is 20.1 Å². The molecular formula is C28H40N6. The first-order valence-electron chi connectivity index (χ1n) is 13.0. The highest BCUT2D eigenvalue weighted by molar-refractivity contribution is 5.88. The van der Waals surface area contributed by atoms with E-state index in [1.54, 1.807) is 0 Å². The summed E-state index contributed by atoms with van der Waals surface area (Å²) >= 11 is 0. The lowest BCUT2D eigenvalue weighted by Gasteiger charge is -2.37. The van der Waals surface area contributed by atoms with E-state index in [9.17, 15) is 0 Å². The summed E-state index contributed by atoms with van der Waals surface area (Å²) in [6.07, 6.45) is 2.41. The third kappa shape index (κ3) is 5.40. The van der Waals surface area contributed by atoms with Gasteiger partial charge in [0.25, 0.3) is 0 Å². The number of rotatable bonds is 7. The summed E-state index contributed by atoms with van der Waals surface area (Å²) in [4.78, 5) is 11.3. The van der Waals surface area contributed by atoms with Crippen molar-refractivity contribution in [2.24, 2.45) is 0 Å². The molecule has 2 fully saturated rings. The van der Waals surface area contributed by atoms with E-state index in [4.69, 9.17) is 5.73 Å². The average molecular weight is 461 g/mol. The minimum atomic E-state index is 0.635. The van der Waals surface area contributed by atoms with Gasteiger partial charge in [0.2, 0.25) is 0 Å². The van der Waals surface area contributed by atoms with Crippen molar-refractivity contribution in [1.29, 1.82) is 0 Å². The number of piperazine rings is 1. The zero-order chi connectivity index (χ0) is 23.5. The van der Waals surface area contributed by atoms with Gasteiger partial charge in [-0.15, -0.1) is 0 Å². The predicted octanol–water partition coefficient (Wildman–Crippen LogP) is 4.00. The van der Waals surface area contributed by atoms with Crippen LogP contribution in [0.5, 0.6) is 0 Å². The highest BCUT2D eigenvalue weighted by Crippen LogP contribution is 2.29. The van der Waals surface area contributed by atoms with Gasteiger partial charge in [0.1, 0.15) is 0 Å². The lowest BCUT2D eigenvalue weighted by molar-refractivity contribution is 0.108. The number of aromatic nitrogens is 1. The molecule has 3 aromatic rings. The van der Waals surface area contributed by atoms with Gasteiger partial charge in [-0.3, -0.25) is 9.80 Å². The zero-order valence-electron chi connectivity index (χ0n) is 20.8. The van der Waals surface area contributed by atoms with Crippen LogP contribution in [0.15, 0.2) is 48.5 Å². The van der Waals surface area contributed by atoms with E-state index in [0.717, 1.165) is 41.9 Å². The van der Waals surface area contributed by atoms with Gasteiger partial charge in [-0.05, 0) is 68.7 Å². The maximum Gasteiger partial charge on any atom is 0.0465 e. The van der Waals surface area contributed by atoms with E-state index in [2.05, 4.69) is 75.2 Å². The SMILES string of the molecule is CC(C)N1CCN(CCNC2CCN(c3cccc(-c4cc5cc(N)ccc5[nH]4)c3)CC2)CC1. The summed E-state index contributed by atoms with van der Waals surface area (Å²) in [5.74, 6) is 0. The van der Waals surface area contributed by atoms with Crippen LogP contribution in [0.25, 0.3) is 22.2 Å². The van der Waals surface area contributed by atoms with E-state index >= 15 is 0 Å². The molecule has 0 spiro atoms. The van der Waals surface area contributed by atoms with Crippen LogP contribution in [0.4, 0.5) is 11.4 Å². The van der Waals surface area contributed by atoms with Gasteiger partial charge >= 0.3 is 0 Å². The molecule has 2 saturated heterocycles. The molecule has 0 radical (unpaired) electrons. The number of nitrogen functional groups attached to an aromatic ring is 1. The van der Waals surface area contributed by atoms with Gasteiger partial charge < -0.3 is 20.9 Å². The van der Waals surface area contributed by atoms with Gasteiger partial charge in [-0.25, -0.2) is 0 Å². The summed E-state index contributed by atoms with van der Waals surface area (Å²) in [7, 11) is 0. The van der Waals surface area contributed by atoms with E-state index in [-0.39, 0.29) is 0 Å². The Morgan fingerprint density at radius 2 is 1.76 bits per heavy atom. The van der Waals surface area contributed by atoms with Crippen molar-refractivity contribution in [3.8, 4) is 11.3 Å². The molecule has 6 nitrogen and oxygen atoms in total. The number of hydrogen-bond acceptors (Lipinski definition) is 5. The fourth-order valence-corrected chi connectivity index (χ4v) is 5.45. The molecule has 1 aromatic heterocycles. The number of hydrogen-bond donors (Lipinski definition) is 3. The van der Waals surface area contributed by atoms with Crippen molar-refractivity contribution >= 4 is 22.3 Å². The number of nitrogens with two attached hydrogens (primary N) is 1. The van der Waals surface area contributed by atoms with Crippen molar-refractivity contribution in [2.75, 3.05) is 63.0 Å². The van der Waals surface area contributed by atoms with E-state index in [0.29, 0.717) is 12.1 Å². The fraction of sp³-hybridized carbons (Fsp3) is 0.500. The summed E-state index contributed by atoms with van der Waals surface area (Å²) in [5.41, 5.74) is 11.6. The Bertz CT molecular complexity index is 1070. The number of H-pyrrole nitrogens is 1. The number of fused-ring (bicyclic) bond motifs is 1. The molecule has 182 valence electrons. The van der Waals surface area contributed by atoms with Crippen LogP contribution >= 0.6 is 0 Å². The smallest absolute Gasteiger partial charge is 0.0465 e. The maximum absolute atomic E-state index is 5.96. The van der Waals surface area contributed by atoms with E-state index in [1.165, 1.54) is 56.8 Å². The molecule has 2 aromatic carbocycles. The van der Waals surface area contributed by atoms with Crippen molar-refractivity contribution in [2.45, 2.75) is 38.8 Å². The standard InChI is InChI=1S/C28H40N6/c1-21(2)33-16-14-32(15-17-33)13-10-30-25-8-11-34(12-9-25)26-5-3-4-22(19-26)28-20-23-18-24(29)6-7-27(23)31-28/h3-7,18-21,25,30-31H,8-17,29H2,1-2H3. The lowest BCUT2D eigenvalue weighted by Crippen LogP contribution is -2.51. The van der Waals surface area contributed by atoms with Crippen LogP contribution in [-0.2, 0) is 0 Å². The van der Waals surface area contributed by atoms with E-state index in [1.807, 2.05) is 12.1 Å². The Balaban J connectivity index is 1.10. The number of aromatic amines is 1. The number of anilines is 2. The molecule has 0 saturated carbocycles. The molecule has 3 heterocycles. The first kappa shape index (κ1) is 23.2. The summed E-state index contributed by atoms with van der Waals surface area (Å²) in [5, 5.41) is 5.00. The summed E-state index contributed by atoms with van der Waals surface area (Å²) in [6.45, 7) is 13.9. The number of nitrogens with zero attached hydrogens (tertiary/aromatic N) is 3. The van der Waals surface area contributed by atoms with Crippen LogP contribution < -0.4 is 16.0 Å². The van der Waals surface area contributed by atoms with Crippen LogP contribution in [0.3, 0.4) is 0 Å². The third-order valence-corrected chi connectivity index (χ3v) is 7.66. The van der Waals surface area contributed by atoms with Crippen molar-refractivity contribution in [3.63, 3.8) is 0 Å². The molecule has 0 bridgehead atoms. The molecule has 0 unspecified atom stereocenters. The van der Waals surface area contributed by atoms with Crippen LogP contribution in [0.1, 0.15) is 26.7 Å². The normalized spacial score (nSPS) is 18.9.